The summed E-state index contributed by atoms with van der Waals surface area (Å²) in [6, 6.07) is 5.48. The zero-order valence-corrected chi connectivity index (χ0v) is 16.0. The van der Waals surface area contributed by atoms with Crippen LogP contribution in [0.3, 0.4) is 0 Å². The van der Waals surface area contributed by atoms with Crippen molar-refractivity contribution in [2.45, 2.75) is 26.7 Å². The quantitative estimate of drug-likeness (QED) is 0.728. The SMILES string of the molecule is CCOc1ccc(-c2nc(C(=O)NCCN3CCCC3)co2)cc1OCC. The molecule has 0 bridgehead atoms. The lowest BCUT2D eigenvalue weighted by atomic mass is 10.2. The van der Waals surface area contributed by atoms with Crippen molar-refractivity contribution in [2.24, 2.45) is 0 Å². The lowest BCUT2D eigenvalue weighted by Crippen LogP contribution is -2.33. The van der Waals surface area contributed by atoms with E-state index in [0.29, 0.717) is 37.1 Å². The monoisotopic (exact) mass is 373 g/mol. The van der Waals surface area contributed by atoms with Crippen molar-refractivity contribution in [3.8, 4) is 23.0 Å². The molecule has 1 fully saturated rings. The van der Waals surface area contributed by atoms with E-state index in [9.17, 15) is 4.79 Å². The summed E-state index contributed by atoms with van der Waals surface area (Å²) in [4.78, 5) is 18.9. The van der Waals surface area contributed by atoms with Crippen molar-refractivity contribution < 1.29 is 18.7 Å². The fourth-order valence-corrected chi connectivity index (χ4v) is 3.12. The molecule has 0 radical (unpaired) electrons. The van der Waals surface area contributed by atoms with Crippen LogP contribution in [-0.4, -0.2) is 55.2 Å². The zero-order chi connectivity index (χ0) is 19.1. The van der Waals surface area contributed by atoms with E-state index in [4.69, 9.17) is 13.9 Å². The number of carbonyl (C=O) groups is 1. The minimum absolute atomic E-state index is 0.222. The van der Waals surface area contributed by atoms with E-state index >= 15 is 0 Å². The molecule has 3 rings (SSSR count). The molecule has 1 N–H and O–H groups in total. The van der Waals surface area contributed by atoms with Crippen LogP contribution in [0.4, 0.5) is 0 Å². The highest BCUT2D eigenvalue weighted by Gasteiger charge is 2.16. The normalized spacial score (nSPS) is 14.3. The van der Waals surface area contributed by atoms with Gasteiger partial charge in [-0.25, -0.2) is 4.98 Å². The van der Waals surface area contributed by atoms with Gasteiger partial charge in [0.25, 0.3) is 5.91 Å². The summed E-state index contributed by atoms with van der Waals surface area (Å²) in [5.41, 5.74) is 1.01. The summed E-state index contributed by atoms with van der Waals surface area (Å²) in [6.07, 6.45) is 3.87. The number of ether oxygens (including phenoxy) is 2. The van der Waals surface area contributed by atoms with Crippen LogP contribution in [0.15, 0.2) is 28.9 Å². The van der Waals surface area contributed by atoms with Gasteiger partial charge in [-0.3, -0.25) is 4.79 Å². The molecule has 0 aliphatic carbocycles. The second-order valence-electron chi connectivity index (χ2n) is 6.37. The molecule has 1 amide bonds. The van der Waals surface area contributed by atoms with Crippen LogP contribution in [0.2, 0.25) is 0 Å². The number of nitrogens with zero attached hydrogens (tertiary/aromatic N) is 2. The smallest absolute Gasteiger partial charge is 0.273 e. The molecule has 7 heteroatoms. The molecule has 0 spiro atoms. The van der Waals surface area contributed by atoms with Crippen LogP contribution in [0.5, 0.6) is 11.5 Å². The molecule has 0 atom stereocenters. The highest BCUT2D eigenvalue weighted by Crippen LogP contribution is 2.32. The number of amides is 1. The molecular formula is C20H27N3O4. The molecule has 2 aromatic rings. The van der Waals surface area contributed by atoms with Gasteiger partial charge in [0.15, 0.2) is 17.2 Å². The average Bonchev–Trinajstić information content (AvgIpc) is 3.35. The Morgan fingerprint density at radius 1 is 1.19 bits per heavy atom. The lowest BCUT2D eigenvalue weighted by Gasteiger charge is -2.14. The Bertz CT molecular complexity index is 753. The first-order valence-corrected chi connectivity index (χ1v) is 9.57. The van der Waals surface area contributed by atoms with Crippen LogP contribution in [-0.2, 0) is 0 Å². The Morgan fingerprint density at radius 2 is 1.93 bits per heavy atom. The molecular weight excluding hydrogens is 346 g/mol. The zero-order valence-electron chi connectivity index (χ0n) is 16.0. The topological polar surface area (TPSA) is 76.8 Å². The van der Waals surface area contributed by atoms with Gasteiger partial charge in [0, 0.05) is 18.7 Å². The summed E-state index contributed by atoms with van der Waals surface area (Å²) < 4.78 is 16.7. The molecule has 146 valence electrons. The summed E-state index contributed by atoms with van der Waals surface area (Å²) >= 11 is 0. The highest BCUT2D eigenvalue weighted by molar-refractivity contribution is 5.92. The number of oxazole rings is 1. The first-order chi connectivity index (χ1) is 13.2. The van der Waals surface area contributed by atoms with Crippen molar-refractivity contribution in [3.63, 3.8) is 0 Å². The van der Waals surface area contributed by atoms with Crippen molar-refractivity contribution in [1.82, 2.24) is 15.2 Å². The van der Waals surface area contributed by atoms with Crippen molar-refractivity contribution in [3.05, 3.63) is 30.2 Å². The minimum Gasteiger partial charge on any atom is -0.490 e. The van der Waals surface area contributed by atoms with Gasteiger partial charge in [-0.1, -0.05) is 0 Å². The summed E-state index contributed by atoms with van der Waals surface area (Å²) in [5.74, 6) is 1.46. The lowest BCUT2D eigenvalue weighted by molar-refractivity contribution is 0.0945. The third-order valence-electron chi connectivity index (χ3n) is 4.44. The summed E-state index contributed by atoms with van der Waals surface area (Å²) in [6.45, 7) is 8.63. The van der Waals surface area contributed by atoms with Crippen LogP contribution in [0.1, 0.15) is 37.2 Å². The van der Waals surface area contributed by atoms with Crippen LogP contribution >= 0.6 is 0 Å². The van der Waals surface area contributed by atoms with Crippen LogP contribution < -0.4 is 14.8 Å². The Hall–Kier alpha value is -2.54. The van der Waals surface area contributed by atoms with Crippen molar-refractivity contribution in [1.29, 1.82) is 0 Å². The second kappa shape index (κ2) is 9.41. The number of hydrogen-bond donors (Lipinski definition) is 1. The van der Waals surface area contributed by atoms with Crippen LogP contribution in [0, 0.1) is 0 Å². The minimum atomic E-state index is -0.222. The molecule has 1 aliphatic heterocycles. The van der Waals surface area contributed by atoms with E-state index in [1.165, 1.54) is 19.1 Å². The van der Waals surface area contributed by atoms with Gasteiger partial charge in [0.05, 0.1) is 13.2 Å². The molecule has 1 aromatic heterocycles. The first kappa shape index (κ1) is 19.2. The number of nitrogens with one attached hydrogen (secondary N) is 1. The number of likely N-dealkylation sites (tertiary alicyclic amines) is 1. The summed E-state index contributed by atoms with van der Waals surface area (Å²) in [5, 5.41) is 2.90. The number of carbonyl (C=O) groups excluding carboxylic acids is 1. The van der Waals surface area contributed by atoms with Gasteiger partial charge in [0.1, 0.15) is 6.26 Å². The molecule has 1 aromatic carbocycles. The maximum atomic E-state index is 12.3. The molecule has 0 unspecified atom stereocenters. The first-order valence-electron chi connectivity index (χ1n) is 9.57. The maximum absolute atomic E-state index is 12.3. The number of benzene rings is 1. The van der Waals surface area contributed by atoms with E-state index in [-0.39, 0.29) is 11.6 Å². The predicted molar refractivity (Wildman–Crippen MR) is 102 cm³/mol. The van der Waals surface area contributed by atoms with Gasteiger partial charge >= 0.3 is 0 Å². The Labute approximate surface area is 159 Å². The van der Waals surface area contributed by atoms with Gasteiger partial charge in [-0.2, -0.15) is 0 Å². The largest absolute Gasteiger partial charge is 0.490 e. The molecule has 2 heterocycles. The Kier molecular flexibility index (Phi) is 6.70. The third-order valence-corrected chi connectivity index (χ3v) is 4.44. The standard InChI is InChI=1S/C20H27N3O4/c1-3-25-17-8-7-15(13-18(17)26-4-2)20-22-16(14-27-20)19(24)21-9-12-23-10-5-6-11-23/h7-8,13-14H,3-6,9-12H2,1-2H3,(H,21,24). The van der Waals surface area contributed by atoms with Gasteiger partial charge < -0.3 is 24.1 Å². The fourth-order valence-electron chi connectivity index (χ4n) is 3.12. The predicted octanol–water partition coefficient (Wildman–Crippen LogP) is 2.96. The molecule has 27 heavy (non-hydrogen) atoms. The number of rotatable bonds is 9. The van der Waals surface area contributed by atoms with E-state index in [1.54, 1.807) is 0 Å². The maximum Gasteiger partial charge on any atom is 0.273 e. The van der Waals surface area contributed by atoms with Crippen LogP contribution in [0.25, 0.3) is 11.5 Å². The average molecular weight is 373 g/mol. The van der Waals surface area contributed by atoms with Gasteiger partial charge in [-0.15, -0.1) is 0 Å². The van der Waals surface area contributed by atoms with E-state index in [0.717, 1.165) is 25.2 Å². The van der Waals surface area contributed by atoms with Crippen molar-refractivity contribution in [2.75, 3.05) is 39.4 Å². The Morgan fingerprint density at radius 3 is 2.67 bits per heavy atom. The van der Waals surface area contributed by atoms with Gasteiger partial charge in [0.2, 0.25) is 5.89 Å². The van der Waals surface area contributed by atoms with E-state index < -0.39 is 0 Å². The third kappa shape index (κ3) is 5.01. The highest BCUT2D eigenvalue weighted by atomic mass is 16.5. The molecule has 0 saturated carbocycles. The molecule has 7 nitrogen and oxygen atoms in total. The number of hydrogen-bond acceptors (Lipinski definition) is 6. The Balaban J connectivity index is 1.63. The fraction of sp³-hybridized carbons (Fsp3) is 0.500. The second-order valence-corrected chi connectivity index (χ2v) is 6.37. The van der Waals surface area contributed by atoms with E-state index in [2.05, 4.69) is 15.2 Å². The van der Waals surface area contributed by atoms with E-state index in [1.807, 2.05) is 32.0 Å². The molecule has 1 saturated heterocycles. The van der Waals surface area contributed by atoms with Crippen molar-refractivity contribution >= 4 is 5.91 Å². The number of aromatic nitrogens is 1. The molecule has 1 aliphatic rings. The summed E-state index contributed by atoms with van der Waals surface area (Å²) in [7, 11) is 0. The van der Waals surface area contributed by atoms with Gasteiger partial charge in [-0.05, 0) is 58.0 Å².